The van der Waals surface area contributed by atoms with Crippen LogP contribution in [0.1, 0.15) is 42.5 Å². The molecule has 1 fully saturated rings. The maximum Gasteiger partial charge on any atom is 0.253 e. The van der Waals surface area contributed by atoms with Gasteiger partial charge in [-0.3, -0.25) is 9.78 Å². The van der Waals surface area contributed by atoms with Crippen LogP contribution in [0.3, 0.4) is 0 Å². The zero-order chi connectivity index (χ0) is 11.4. The van der Waals surface area contributed by atoms with E-state index in [2.05, 4.69) is 10.3 Å². The van der Waals surface area contributed by atoms with Crippen molar-refractivity contribution in [3.05, 3.63) is 29.0 Å². The number of hydrogen-bond acceptors (Lipinski definition) is 2. The number of rotatable bonds is 2. The van der Waals surface area contributed by atoms with Crippen LogP contribution in [0.2, 0.25) is 5.02 Å². The van der Waals surface area contributed by atoms with Crippen molar-refractivity contribution in [1.29, 1.82) is 0 Å². The SMILES string of the molecule is O=C(NC1CCCCC1)c1cncc(Cl)c1. The van der Waals surface area contributed by atoms with E-state index in [4.69, 9.17) is 11.6 Å². The Morgan fingerprint density at radius 1 is 1.31 bits per heavy atom. The monoisotopic (exact) mass is 238 g/mol. The Balaban J connectivity index is 1.97. The molecule has 16 heavy (non-hydrogen) atoms. The van der Waals surface area contributed by atoms with Gasteiger partial charge in [0.1, 0.15) is 0 Å². The zero-order valence-corrected chi connectivity index (χ0v) is 9.83. The van der Waals surface area contributed by atoms with E-state index >= 15 is 0 Å². The van der Waals surface area contributed by atoms with E-state index in [9.17, 15) is 4.79 Å². The van der Waals surface area contributed by atoms with Gasteiger partial charge in [0.05, 0.1) is 10.6 Å². The zero-order valence-electron chi connectivity index (χ0n) is 9.08. The Labute approximate surface area is 100 Å². The van der Waals surface area contributed by atoms with E-state index in [1.807, 2.05) is 0 Å². The lowest BCUT2D eigenvalue weighted by atomic mass is 9.95. The van der Waals surface area contributed by atoms with E-state index < -0.39 is 0 Å². The molecule has 1 heterocycles. The van der Waals surface area contributed by atoms with Crippen molar-refractivity contribution in [2.75, 3.05) is 0 Å². The molecule has 1 aliphatic carbocycles. The summed E-state index contributed by atoms with van der Waals surface area (Å²) in [7, 11) is 0. The van der Waals surface area contributed by atoms with Gasteiger partial charge < -0.3 is 5.32 Å². The van der Waals surface area contributed by atoms with E-state index in [0.29, 0.717) is 16.6 Å². The van der Waals surface area contributed by atoms with Gasteiger partial charge in [-0.1, -0.05) is 30.9 Å². The first-order valence-electron chi connectivity index (χ1n) is 5.67. The third kappa shape index (κ3) is 2.95. The molecule has 1 amide bonds. The summed E-state index contributed by atoms with van der Waals surface area (Å²) >= 11 is 5.79. The molecule has 1 aromatic heterocycles. The number of carbonyl (C=O) groups is 1. The Hall–Kier alpha value is -1.09. The van der Waals surface area contributed by atoms with Crippen LogP contribution >= 0.6 is 11.6 Å². The van der Waals surface area contributed by atoms with Crippen molar-refractivity contribution < 1.29 is 4.79 Å². The highest BCUT2D eigenvalue weighted by Crippen LogP contribution is 2.18. The molecule has 4 heteroatoms. The van der Waals surface area contributed by atoms with Crippen LogP contribution in [-0.4, -0.2) is 16.9 Å². The van der Waals surface area contributed by atoms with E-state index in [0.717, 1.165) is 12.8 Å². The van der Waals surface area contributed by atoms with Crippen molar-refractivity contribution in [3.63, 3.8) is 0 Å². The van der Waals surface area contributed by atoms with Crippen LogP contribution in [0.25, 0.3) is 0 Å². The van der Waals surface area contributed by atoms with Crippen molar-refractivity contribution in [2.24, 2.45) is 0 Å². The lowest BCUT2D eigenvalue weighted by Gasteiger charge is -2.22. The number of halogens is 1. The first kappa shape index (κ1) is 11.4. The topological polar surface area (TPSA) is 42.0 Å². The molecule has 2 rings (SSSR count). The molecule has 0 radical (unpaired) electrons. The van der Waals surface area contributed by atoms with Crippen LogP contribution in [-0.2, 0) is 0 Å². The predicted molar refractivity (Wildman–Crippen MR) is 63.6 cm³/mol. The van der Waals surface area contributed by atoms with E-state index in [1.54, 1.807) is 12.3 Å². The molecule has 0 spiro atoms. The lowest BCUT2D eigenvalue weighted by Crippen LogP contribution is -2.36. The van der Waals surface area contributed by atoms with Crippen molar-refractivity contribution >= 4 is 17.5 Å². The predicted octanol–water partition coefficient (Wildman–Crippen LogP) is 2.80. The molecule has 1 aliphatic rings. The van der Waals surface area contributed by atoms with Crippen LogP contribution < -0.4 is 5.32 Å². The van der Waals surface area contributed by atoms with Gasteiger partial charge in [-0.05, 0) is 18.9 Å². The van der Waals surface area contributed by atoms with Gasteiger partial charge in [0.25, 0.3) is 5.91 Å². The molecule has 1 aromatic rings. The minimum absolute atomic E-state index is 0.0677. The molecular weight excluding hydrogens is 224 g/mol. The Morgan fingerprint density at radius 2 is 2.06 bits per heavy atom. The molecule has 0 aromatic carbocycles. The second kappa shape index (κ2) is 5.30. The van der Waals surface area contributed by atoms with Crippen molar-refractivity contribution in [2.45, 2.75) is 38.1 Å². The fourth-order valence-corrected chi connectivity index (χ4v) is 2.23. The fourth-order valence-electron chi connectivity index (χ4n) is 2.05. The molecule has 1 saturated carbocycles. The molecule has 1 N–H and O–H groups in total. The normalized spacial score (nSPS) is 17.1. The second-order valence-corrected chi connectivity index (χ2v) is 4.64. The van der Waals surface area contributed by atoms with Crippen LogP contribution in [0.15, 0.2) is 18.5 Å². The average Bonchev–Trinajstić information content (AvgIpc) is 2.30. The highest BCUT2D eigenvalue weighted by atomic mass is 35.5. The third-order valence-electron chi connectivity index (χ3n) is 2.91. The standard InChI is InChI=1S/C12H15ClN2O/c13-10-6-9(7-14-8-10)12(16)15-11-4-2-1-3-5-11/h6-8,11H,1-5H2,(H,15,16). The fraction of sp³-hybridized carbons (Fsp3) is 0.500. The van der Waals surface area contributed by atoms with Gasteiger partial charge in [0, 0.05) is 18.4 Å². The summed E-state index contributed by atoms with van der Waals surface area (Å²) in [6.45, 7) is 0. The van der Waals surface area contributed by atoms with Gasteiger partial charge in [-0.2, -0.15) is 0 Å². The molecule has 3 nitrogen and oxygen atoms in total. The summed E-state index contributed by atoms with van der Waals surface area (Å²) in [4.78, 5) is 15.8. The number of hydrogen-bond donors (Lipinski definition) is 1. The summed E-state index contributed by atoms with van der Waals surface area (Å²) in [6.07, 6.45) is 8.94. The smallest absolute Gasteiger partial charge is 0.253 e. The Morgan fingerprint density at radius 3 is 2.75 bits per heavy atom. The molecule has 0 aliphatic heterocycles. The highest BCUT2D eigenvalue weighted by molar-refractivity contribution is 6.30. The Kier molecular flexibility index (Phi) is 3.78. The lowest BCUT2D eigenvalue weighted by molar-refractivity contribution is 0.0927. The molecule has 0 atom stereocenters. The molecule has 86 valence electrons. The summed E-state index contributed by atoms with van der Waals surface area (Å²) in [5, 5.41) is 3.52. The van der Waals surface area contributed by atoms with Crippen LogP contribution in [0, 0.1) is 0 Å². The maximum atomic E-state index is 11.9. The number of amides is 1. The van der Waals surface area contributed by atoms with Gasteiger partial charge >= 0.3 is 0 Å². The largest absolute Gasteiger partial charge is 0.349 e. The third-order valence-corrected chi connectivity index (χ3v) is 3.11. The highest BCUT2D eigenvalue weighted by Gasteiger charge is 2.16. The molecule has 0 bridgehead atoms. The summed E-state index contributed by atoms with van der Waals surface area (Å²) in [6, 6.07) is 1.97. The summed E-state index contributed by atoms with van der Waals surface area (Å²) in [5.41, 5.74) is 0.540. The van der Waals surface area contributed by atoms with Crippen LogP contribution in [0.4, 0.5) is 0 Å². The van der Waals surface area contributed by atoms with E-state index in [1.165, 1.54) is 25.5 Å². The maximum absolute atomic E-state index is 11.9. The summed E-state index contributed by atoms with van der Waals surface area (Å²) < 4.78 is 0. The number of pyridine rings is 1. The molecule has 0 saturated heterocycles. The quantitative estimate of drug-likeness (QED) is 0.861. The summed E-state index contributed by atoms with van der Waals surface area (Å²) in [5.74, 6) is -0.0677. The van der Waals surface area contributed by atoms with Crippen LogP contribution in [0.5, 0.6) is 0 Å². The number of nitrogens with one attached hydrogen (secondary N) is 1. The van der Waals surface area contributed by atoms with Gasteiger partial charge in [-0.15, -0.1) is 0 Å². The van der Waals surface area contributed by atoms with Gasteiger partial charge in [0.15, 0.2) is 0 Å². The molecular formula is C12H15ClN2O. The molecule has 0 unspecified atom stereocenters. The second-order valence-electron chi connectivity index (χ2n) is 4.20. The average molecular weight is 239 g/mol. The first-order valence-corrected chi connectivity index (χ1v) is 6.05. The van der Waals surface area contributed by atoms with Gasteiger partial charge in [0.2, 0.25) is 0 Å². The number of carbonyl (C=O) groups excluding carboxylic acids is 1. The van der Waals surface area contributed by atoms with E-state index in [-0.39, 0.29) is 5.91 Å². The minimum atomic E-state index is -0.0677. The number of nitrogens with zero attached hydrogens (tertiary/aromatic N) is 1. The van der Waals surface area contributed by atoms with Crippen molar-refractivity contribution in [1.82, 2.24) is 10.3 Å². The Bertz CT molecular complexity index is 375. The minimum Gasteiger partial charge on any atom is -0.349 e. The van der Waals surface area contributed by atoms with Crippen molar-refractivity contribution in [3.8, 4) is 0 Å². The number of aromatic nitrogens is 1. The van der Waals surface area contributed by atoms with Gasteiger partial charge in [-0.25, -0.2) is 0 Å². The first-order chi connectivity index (χ1) is 7.75.